The number of thiazole rings is 1. The summed E-state index contributed by atoms with van der Waals surface area (Å²) in [5.41, 5.74) is 0.710. The van der Waals surface area contributed by atoms with Crippen molar-refractivity contribution in [2.24, 2.45) is 5.92 Å². The summed E-state index contributed by atoms with van der Waals surface area (Å²) in [4.78, 5) is 24.7. The SMILES string of the molecule is Cc1cnc(-c2cc(O[C@@H]3CN4CCC3CC4)cc(C(=O)NC(C)c3ccc(C(F)(F)F)nc3)c2)s1. The van der Waals surface area contributed by atoms with E-state index in [4.69, 9.17) is 4.74 Å². The molecule has 1 amide bonds. The average molecular weight is 517 g/mol. The van der Waals surface area contributed by atoms with Crippen LogP contribution in [0.25, 0.3) is 10.6 Å². The van der Waals surface area contributed by atoms with Gasteiger partial charge in [-0.25, -0.2) is 4.98 Å². The molecule has 3 aliphatic heterocycles. The molecule has 3 saturated heterocycles. The molecule has 0 aliphatic carbocycles. The first kappa shape index (κ1) is 24.7. The van der Waals surface area contributed by atoms with Crippen molar-refractivity contribution in [3.05, 3.63) is 64.4 Å². The number of piperidine rings is 3. The van der Waals surface area contributed by atoms with Gasteiger partial charge in [0.25, 0.3) is 5.91 Å². The lowest BCUT2D eigenvalue weighted by atomic mass is 9.86. The summed E-state index contributed by atoms with van der Waals surface area (Å²) in [6.45, 7) is 6.77. The van der Waals surface area contributed by atoms with E-state index in [0.29, 0.717) is 22.8 Å². The first-order valence-corrected chi connectivity index (χ1v) is 12.8. The number of aromatic nitrogens is 2. The van der Waals surface area contributed by atoms with Crippen LogP contribution in [0, 0.1) is 12.8 Å². The van der Waals surface area contributed by atoms with Crippen LogP contribution in [0.5, 0.6) is 5.75 Å². The van der Waals surface area contributed by atoms with E-state index in [0.717, 1.165) is 60.2 Å². The Morgan fingerprint density at radius 1 is 1.17 bits per heavy atom. The summed E-state index contributed by atoms with van der Waals surface area (Å²) in [6, 6.07) is 7.14. The van der Waals surface area contributed by atoms with Gasteiger partial charge >= 0.3 is 6.18 Å². The Balaban J connectivity index is 1.38. The van der Waals surface area contributed by atoms with Crippen LogP contribution in [0.2, 0.25) is 0 Å². The van der Waals surface area contributed by atoms with Crippen LogP contribution in [0.1, 0.15) is 52.3 Å². The average Bonchev–Trinajstić information content (AvgIpc) is 3.30. The van der Waals surface area contributed by atoms with Gasteiger partial charge in [0.15, 0.2) is 0 Å². The maximum Gasteiger partial charge on any atom is 0.433 e. The fraction of sp³-hybridized carbons (Fsp3) is 0.423. The molecule has 1 unspecified atom stereocenters. The fourth-order valence-electron chi connectivity index (χ4n) is 4.82. The summed E-state index contributed by atoms with van der Waals surface area (Å²) in [6.07, 6.45) is 0.730. The first-order chi connectivity index (χ1) is 17.2. The number of aryl methyl sites for hydroxylation is 1. The molecular weight excluding hydrogens is 489 g/mol. The zero-order valence-corrected chi connectivity index (χ0v) is 20.8. The number of carbonyl (C=O) groups is 1. The van der Waals surface area contributed by atoms with Gasteiger partial charge in [-0.1, -0.05) is 6.07 Å². The molecule has 190 valence electrons. The number of benzene rings is 1. The maximum atomic E-state index is 13.2. The third kappa shape index (κ3) is 5.39. The van der Waals surface area contributed by atoms with E-state index in [1.165, 1.54) is 17.4 Å². The Bertz CT molecular complexity index is 1240. The van der Waals surface area contributed by atoms with Gasteiger partial charge in [-0.15, -0.1) is 11.3 Å². The molecule has 3 aromatic rings. The van der Waals surface area contributed by atoms with Crippen molar-refractivity contribution in [2.45, 2.75) is 45.0 Å². The zero-order chi connectivity index (χ0) is 25.4. The van der Waals surface area contributed by atoms with Crippen LogP contribution < -0.4 is 10.1 Å². The topological polar surface area (TPSA) is 67.3 Å². The number of hydrogen-bond donors (Lipinski definition) is 1. The Morgan fingerprint density at radius 2 is 1.94 bits per heavy atom. The molecule has 2 atom stereocenters. The number of ether oxygens (including phenoxy) is 1. The number of rotatable bonds is 6. The fourth-order valence-corrected chi connectivity index (χ4v) is 5.57. The molecular formula is C26H27F3N4O2S. The van der Waals surface area contributed by atoms with Crippen molar-refractivity contribution >= 4 is 17.2 Å². The maximum absolute atomic E-state index is 13.2. The van der Waals surface area contributed by atoms with E-state index >= 15 is 0 Å². The van der Waals surface area contributed by atoms with E-state index in [1.54, 1.807) is 25.3 Å². The molecule has 2 aromatic heterocycles. The predicted octanol–water partition coefficient (Wildman–Crippen LogP) is 5.50. The lowest BCUT2D eigenvalue weighted by Crippen LogP contribution is -2.52. The van der Waals surface area contributed by atoms with Crippen LogP contribution in [-0.4, -0.2) is 46.5 Å². The van der Waals surface area contributed by atoms with Crippen molar-refractivity contribution in [2.75, 3.05) is 19.6 Å². The highest BCUT2D eigenvalue weighted by molar-refractivity contribution is 7.14. The molecule has 5 heterocycles. The van der Waals surface area contributed by atoms with Gasteiger partial charge in [-0.05, 0) is 75.5 Å². The third-order valence-corrected chi connectivity index (χ3v) is 7.81. The largest absolute Gasteiger partial charge is 0.489 e. The molecule has 2 bridgehead atoms. The van der Waals surface area contributed by atoms with Crippen LogP contribution in [0.4, 0.5) is 13.2 Å². The second-order valence-corrected chi connectivity index (χ2v) is 10.7. The lowest BCUT2D eigenvalue weighted by Gasteiger charge is -2.44. The quantitative estimate of drug-likeness (QED) is 0.469. The number of nitrogens with one attached hydrogen (secondary N) is 1. The minimum atomic E-state index is -4.51. The van der Waals surface area contributed by atoms with Crippen molar-refractivity contribution < 1.29 is 22.7 Å². The number of pyridine rings is 1. The summed E-state index contributed by atoms with van der Waals surface area (Å²) < 4.78 is 44.9. The molecule has 1 N–H and O–H groups in total. The van der Waals surface area contributed by atoms with Gasteiger partial charge in [0.2, 0.25) is 0 Å². The van der Waals surface area contributed by atoms with Crippen molar-refractivity contribution in [3.63, 3.8) is 0 Å². The van der Waals surface area contributed by atoms with E-state index in [1.807, 2.05) is 13.0 Å². The second kappa shape index (κ2) is 9.82. The number of alkyl halides is 3. The van der Waals surface area contributed by atoms with E-state index in [-0.39, 0.29) is 12.0 Å². The van der Waals surface area contributed by atoms with Crippen molar-refractivity contribution in [3.8, 4) is 16.3 Å². The van der Waals surface area contributed by atoms with E-state index in [9.17, 15) is 18.0 Å². The Morgan fingerprint density at radius 3 is 2.53 bits per heavy atom. The van der Waals surface area contributed by atoms with Gasteiger partial charge < -0.3 is 10.1 Å². The van der Waals surface area contributed by atoms with E-state index in [2.05, 4.69) is 20.2 Å². The van der Waals surface area contributed by atoms with Crippen LogP contribution in [-0.2, 0) is 6.18 Å². The normalized spacial score (nSPS) is 22.3. The van der Waals surface area contributed by atoms with Crippen LogP contribution in [0.3, 0.4) is 0 Å². The van der Waals surface area contributed by atoms with Gasteiger partial charge in [0, 0.05) is 34.9 Å². The van der Waals surface area contributed by atoms with Crippen LogP contribution in [0.15, 0.2) is 42.7 Å². The zero-order valence-electron chi connectivity index (χ0n) is 20.0. The molecule has 6 rings (SSSR count). The Kier molecular flexibility index (Phi) is 6.74. The number of fused-ring (bicyclic) bond motifs is 3. The van der Waals surface area contributed by atoms with Gasteiger partial charge in [0.05, 0.1) is 6.04 Å². The molecule has 36 heavy (non-hydrogen) atoms. The van der Waals surface area contributed by atoms with Gasteiger partial charge in [-0.3, -0.25) is 14.7 Å². The first-order valence-electron chi connectivity index (χ1n) is 12.0. The molecule has 1 aromatic carbocycles. The van der Waals surface area contributed by atoms with Crippen LogP contribution >= 0.6 is 11.3 Å². The Hall–Kier alpha value is -2.98. The number of halogens is 3. The lowest BCUT2D eigenvalue weighted by molar-refractivity contribution is -0.141. The minimum absolute atomic E-state index is 0.0776. The monoisotopic (exact) mass is 516 g/mol. The predicted molar refractivity (Wildman–Crippen MR) is 131 cm³/mol. The standard InChI is InChI=1S/C26H27F3N4O2S/c1-15-12-31-25(36-15)20-9-19(10-21(11-20)35-22-14-33-7-5-17(22)6-8-33)24(34)32-16(2)18-3-4-23(30-13-18)26(27,28)29/h3-4,9-13,16-17,22H,5-8,14H2,1-2H3,(H,32,34)/t16?,22-/m1/s1. The molecule has 0 saturated carbocycles. The summed E-state index contributed by atoms with van der Waals surface area (Å²) in [5, 5.41) is 3.66. The Labute approximate surface area is 211 Å². The second-order valence-electron chi connectivity index (χ2n) is 9.49. The third-order valence-electron chi connectivity index (χ3n) is 6.84. The number of carbonyl (C=O) groups excluding carboxylic acids is 1. The molecule has 10 heteroatoms. The molecule has 3 fully saturated rings. The molecule has 3 aliphatic rings. The summed E-state index contributed by atoms with van der Waals surface area (Å²) >= 11 is 1.54. The number of amides is 1. The van der Waals surface area contributed by atoms with E-state index < -0.39 is 17.9 Å². The summed E-state index contributed by atoms with van der Waals surface area (Å²) in [5.74, 6) is 0.773. The summed E-state index contributed by atoms with van der Waals surface area (Å²) in [7, 11) is 0. The highest BCUT2D eigenvalue weighted by Gasteiger charge is 2.36. The van der Waals surface area contributed by atoms with Crippen molar-refractivity contribution in [1.29, 1.82) is 0 Å². The molecule has 0 spiro atoms. The number of nitrogens with zero attached hydrogens (tertiary/aromatic N) is 3. The molecule has 0 radical (unpaired) electrons. The van der Waals surface area contributed by atoms with Gasteiger partial charge in [-0.2, -0.15) is 13.2 Å². The molecule has 6 nitrogen and oxygen atoms in total. The number of hydrogen-bond acceptors (Lipinski definition) is 6. The van der Waals surface area contributed by atoms with Gasteiger partial charge in [0.1, 0.15) is 22.6 Å². The highest BCUT2D eigenvalue weighted by Crippen LogP contribution is 2.34. The highest BCUT2D eigenvalue weighted by atomic mass is 32.1. The van der Waals surface area contributed by atoms with Crippen molar-refractivity contribution in [1.82, 2.24) is 20.2 Å². The minimum Gasteiger partial charge on any atom is -0.489 e. The smallest absolute Gasteiger partial charge is 0.433 e.